The first kappa shape index (κ1) is 11.3. The molecule has 0 bridgehead atoms. The monoisotopic (exact) mass is 195 g/mol. The van der Waals surface area contributed by atoms with Crippen LogP contribution in [0.3, 0.4) is 0 Å². The van der Waals surface area contributed by atoms with Gasteiger partial charge in [-0.3, -0.25) is 0 Å². The van der Waals surface area contributed by atoms with Gasteiger partial charge in [0.2, 0.25) is 0 Å². The highest BCUT2D eigenvalue weighted by Crippen LogP contribution is 2.20. The first-order valence-electron chi connectivity index (χ1n) is 5.43. The Kier molecular flexibility index (Phi) is 3.03. The second-order valence-corrected chi connectivity index (χ2v) is 4.76. The van der Waals surface area contributed by atoms with Gasteiger partial charge < -0.3 is 0 Å². The molecule has 1 aromatic rings. The lowest BCUT2D eigenvalue weighted by Crippen LogP contribution is -2.37. The Hall–Kier alpha value is -0.790. The minimum Gasteiger partial charge on any atom is -0.234 e. The van der Waals surface area contributed by atoms with Gasteiger partial charge in [0.15, 0.2) is 0 Å². The van der Waals surface area contributed by atoms with Crippen LogP contribution in [0.4, 0.5) is 0 Å². The average Bonchev–Trinajstić information content (AvgIpc) is 2.23. The summed E-state index contributed by atoms with van der Waals surface area (Å²) in [6.07, 6.45) is 0. The average molecular weight is 195 g/mol. The summed E-state index contributed by atoms with van der Waals surface area (Å²) in [5.74, 6) is 2.58. The first-order valence-corrected chi connectivity index (χ1v) is 5.43. The maximum atomic E-state index is 2.35. The molecule has 14 heavy (non-hydrogen) atoms. The third-order valence-corrected chi connectivity index (χ3v) is 2.99. The maximum Gasteiger partial charge on any atom is 0.259 e. The van der Waals surface area contributed by atoms with Gasteiger partial charge in [-0.2, -0.15) is 0 Å². The zero-order valence-corrected chi connectivity index (χ0v) is 10.5. The van der Waals surface area contributed by atoms with E-state index in [-0.39, 0.29) is 0 Å². The number of rotatable bonds is 2. The van der Waals surface area contributed by atoms with Gasteiger partial charge in [0.25, 0.3) is 5.82 Å². The summed E-state index contributed by atoms with van der Waals surface area (Å²) in [5.41, 5.74) is 2.85. The first-order chi connectivity index (χ1) is 6.37. The van der Waals surface area contributed by atoms with Crippen molar-refractivity contribution in [2.45, 2.75) is 46.5 Å². The van der Waals surface area contributed by atoms with Gasteiger partial charge in [0.1, 0.15) is 11.4 Å². The Morgan fingerprint density at radius 1 is 1.07 bits per heavy atom. The van der Waals surface area contributed by atoms with Crippen LogP contribution in [0, 0.1) is 6.92 Å². The summed E-state index contributed by atoms with van der Waals surface area (Å²) in [4.78, 5) is 0. The minimum absolute atomic E-state index is 0.580. The van der Waals surface area contributed by atoms with Crippen molar-refractivity contribution < 1.29 is 4.57 Å². The van der Waals surface area contributed by atoms with Crippen LogP contribution in [0.15, 0.2) is 0 Å². The van der Waals surface area contributed by atoms with Crippen molar-refractivity contribution in [2.75, 3.05) is 0 Å². The van der Waals surface area contributed by atoms with Crippen molar-refractivity contribution in [3.05, 3.63) is 17.2 Å². The SMILES string of the molecule is Cc1c(C(C)C)[n+](C)c(C(C)C)n1C. The van der Waals surface area contributed by atoms with Crippen molar-refractivity contribution in [2.24, 2.45) is 14.1 Å². The normalized spacial score (nSPS) is 11.8. The van der Waals surface area contributed by atoms with Crippen molar-refractivity contribution in [3.63, 3.8) is 0 Å². The maximum absolute atomic E-state index is 2.35. The van der Waals surface area contributed by atoms with E-state index in [1.165, 1.54) is 17.2 Å². The van der Waals surface area contributed by atoms with E-state index in [4.69, 9.17) is 0 Å². The van der Waals surface area contributed by atoms with Gasteiger partial charge in [-0.25, -0.2) is 9.13 Å². The molecule has 0 saturated carbocycles. The molecule has 0 aromatic carbocycles. The number of hydrogen-bond donors (Lipinski definition) is 0. The van der Waals surface area contributed by atoms with Crippen molar-refractivity contribution >= 4 is 0 Å². The van der Waals surface area contributed by atoms with Gasteiger partial charge >= 0.3 is 0 Å². The van der Waals surface area contributed by atoms with Gasteiger partial charge in [-0.1, -0.05) is 27.7 Å². The van der Waals surface area contributed by atoms with Crippen molar-refractivity contribution in [3.8, 4) is 0 Å². The largest absolute Gasteiger partial charge is 0.259 e. The molecule has 0 N–H and O–H groups in total. The molecule has 80 valence electrons. The number of hydrogen-bond acceptors (Lipinski definition) is 0. The molecule has 0 aliphatic carbocycles. The zero-order chi connectivity index (χ0) is 11.0. The molecule has 0 aliphatic heterocycles. The summed E-state index contributed by atoms with van der Waals surface area (Å²) in [6.45, 7) is 11.2. The Morgan fingerprint density at radius 3 is 1.79 bits per heavy atom. The fourth-order valence-electron chi connectivity index (χ4n) is 2.51. The third-order valence-electron chi connectivity index (χ3n) is 2.99. The van der Waals surface area contributed by atoms with Crippen LogP contribution in [-0.2, 0) is 14.1 Å². The highest BCUT2D eigenvalue weighted by Gasteiger charge is 2.26. The van der Waals surface area contributed by atoms with Crippen molar-refractivity contribution in [1.82, 2.24) is 4.57 Å². The summed E-state index contributed by atoms with van der Waals surface area (Å²) < 4.78 is 4.67. The smallest absolute Gasteiger partial charge is 0.234 e. The molecule has 1 heterocycles. The highest BCUT2D eigenvalue weighted by atomic mass is 15.2. The van der Waals surface area contributed by atoms with E-state index in [2.05, 4.69) is 57.8 Å². The molecule has 2 heteroatoms. The van der Waals surface area contributed by atoms with Gasteiger partial charge in [-0.05, 0) is 0 Å². The van der Waals surface area contributed by atoms with Crippen LogP contribution < -0.4 is 4.57 Å². The molecule has 0 amide bonds. The molecular weight excluding hydrogens is 172 g/mol. The van der Waals surface area contributed by atoms with Crippen LogP contribution in [-0.4, -0.2) is 4.57 Å². The Balaban J connectivity index is 3.41. The lowest BCUT2D eigenvalue weighted by molar-refractivity contribution is -0.688. The van der Waals surface area contributed by atoms with E-state index in [9.17, 15) is 0 Å². The third kappa shape index (κ3) is 1.58. The zero-order valence-electron chi connectivity index (χ0n) is 10.5. The fourth-order valence-corrected chi connectivity index (χ4v) is 2.51. The summed E-state index contributed by atoms with van der Waals surface area (Å²) in [6, 6.07) is 0. The Bertz CT molecular complexity index is 301. The second kappa shape index (κ2) is 3.76. The molecule has 0 atom stereocenters. The van der Waals surface area contributed by atoms with Crippen LogP contribution in [0.25, 0.3) is 0 Å². The van der Waals surface area contributed by atoms with E-state index in [1.807, 2.05) is 0 Å². The molecule has 0 saturated heterocycles. The van der Waals surface area contributed by atoms with Crippen LogP contribution in [0.2, 0.25) is 0 Å². The number of nitrogens with zero attached hydrogens (tertiary/aromatic N) is 2. The van der Waals surface area contributed by atoms with Gasteiger partial charge in [-0.15, -0.1) is 0 Å². The van der Waals surface area contributed by atoms with Gasteiger partial charge in [0, 0.05) is 12.8 Å². The topological polar surface area (TPSA) is 8.81 Å². The molecule has 1 aromatic heterocycles. The molecule has 0 radical (unpaired) electrons. The molecular formula is C12H23N2+. The van der Waals surface area contributed by atoms with E-state index < -0.39 is 0 Å². The molecule has 0 unspecified atom stereocenters. The van der Waals surface area contributed by atoms with E-state index in [0.29, 0.717) is 11.8 Å². The van der Waals surface area contributed by atoms with Crippen LogP contribution in [0.1, 0.15) is 56.7 Å². The second-order valence-electron chi connectivity index (χ2n) is 4.76. The highest BCUT2D eigenvalue weighted by molar-refractivity contribution is 5.13. The quantitative estimate of drug-likeness (QED) is 0.641. The minimum atomic E-state index is 0.580. The lowest BCUT2D eigenvalue weighted by atomic mass is 10.1. The summed E-state index contributed by atoms with van der Waals surface area (Å²) >= 11 is 0. The van der Waals surface area contributed by atoms with Gasteiger partial charge in [0.05, 0.1) is 20.0 Å². The van der Waals surface area contributed by atoms with E-state index in [1.54, 1.807) is 0 Å². The Labute approximate surface area is 87.6 Å². The lowest BCUT2D eigenvalue weighted by Gasteiger charge is -2.03. The molecule has 1 rings (SSSR count). The predicted octanol–water partition coefficient (Wildman–Crippen LogP) is 2.40. The molecule has 0 spiro atoms. The number of imidazole rings is 1. The summed E-state index contributed by atoms with van der Waals surface area (Å²) in [5, 5.41) is 0. The standard InChI is InChI=1S/C12H23N2/c1-8(2)11-10(5)13(6)12(9(3)4)14(11)7/h8-9H,1-7H3/q+1. The van der Waals surface area contributed by atoms with Crippen LogP contribution in [0.5, 0.6) is 0 Å². The van der Waals surface area contributed by atoms with E-state index in [0.717, 1.165) is 0 Å². The number of aromatic nitrogens is 2. The molecule has 2 nitrogen and oxygen atoms in total. The molecule has 0 fully saturated rings. The predicted molar refractivity (Wildman–Crippen MR) is 59.5 cm³/mol. The summed E-state index contributed by atoms with van der Waals surface area (Å²) in [7, 11) is 4.34. The fraction of sp³-hybridized carbons (Fsp3) is 0.750. The van der Waals surface area contributed by atoms with E-state index >= 15 is 0 Å². The van der Waals surface area contributed by atoms with Crippen molar-refractivity contribution in [1.29, 1.82) is 0 Å². The van der Waals surface area contributed by atoms with Crippen LogP contribution >= 0.6 is 0 Å². The molecule has 0 aliphatic rings. The Morgan fingerprint density at radius 2 is 1.57 bits per heavy atom.